The summed E-state index contributed by atoms with van der Waals surface area (Å²) >= 11 is 0. The number of aromatic nitrogens is 2. The van der Waals surface area contributed by atoms with Gasteiger partial charge in [-0.15, -0.1) is 0 Å². The Hall–Kier alpha value is -2.76. The van der Waals surface area contributed by atoms with Crippen LogP contribution in [0.1, 0.15) is 29.6 Å². The van der Waals surface area contributed by atoms with E-state index in [0.717, 1.165) is 18.4 Å². The monoisotopic (exact) mass is 324 g/mol. The number of likely N-dealkylation sites (N-methyl/N-ethyl adjacent to an activating group) is 1. The zero-order valence-corrected chi connectivity index (χ0v) is 13.6. The van der Waals surface area contributed by atoms with E-state index in [1.165, 1.54) is 12.4 Å². The van der Waals surface area contributed by atoms with Crippen LogP contribution >= 0.6 is 0 Å². The lowest BCUT2D eigenvalue weighted by Crippen LogP contribution is -2.51. The van der Waals surface area contributed by atoms with Crippen molar-refractivity contribution in [3.63, 3.8) is 0 Å². The van der Waals surface area contributed by atoms with Crippen LogP contribution in [0, 0.1) is 0 Å². The summed E-state index contributed by atoms with van der Waals surface area (Å²) in [5.41, 5.74) is 1.31. The van der Waals surface area contributed by atoms with Crippen LogP contribution in [0.4, 0.5) is 0 Å². The quantitative estimate of drug-likeness (QED) is 0.935. The predicted molar refractivity (Wildman–Crippen MR) is 90.2 cm³/mol. The summed E-state index contributed by atoms with van der Waals surface area (Å²) in [6.45, 7) is 0.581. The molecule has 0 radical (unpaired) electrons. The van der Waals surface area contributed by atoms with Gasteiger partial charge in [-0.1, -0.05) is 30.3 Å². The second-order valence-corrected chi connectivity index (χ2v) is 5.79. The lowest BCUT2D eigenvalue weighted by atomic mass is 10.0. The van der Waals surface area contributed by atoms with Crippen LogP contribution in [0.25, 0.3) is 11.4 Å². The number of carbonyl (C=O) groups is 2. The van der Waals surface area contributed by atoms with Crippen LogP contribution in [0.2, 0.25) is 0 Å². The first-order valence-electron chi connectivity index (χ1n) is 8.10. The summed E-state index contributed by atoms with van der Waals surface area (Å²) in [4.78, 5) is 35.0. The van der Waals surface area contributed by atoms with Gasteiger partial charge in [0.2, 0.25) is 5.91 Å². The number of likely N-dealkylation sites (tertiary alicyclic amines) is 1. The zero-order valence-electron chi connectivity index (χ0n) is 13.6. The van der Waals surface area contributed by atoms with E-state index < -0.39 is 6.04 Å². The summed E-state index contributed by atoms with van der Waals surface area (Å²) in [5, 5.41) is 2.64. The highest BCUT2D eigenvalue weighted by molar-refractivity contribution is 5.97. The lowest BCUT2D eigenvalue weighted by Gasteiger charge is -2.34. The van der Waals surface area contributed by atoms with Crippen LogP contribution in [0.15, 0.2) is 42.7 Å². The Morgan fingerprint density at radius 1 is 1.12 bits per heavy atom. The summed E-state index contributed by atoms with van der Waals surface area (Å²) in [7, 11) is 1.59. The Morgan fingerprint density at radius 3 is 2.50 bits per heavy atom. The number of amides is 2. The van der Waals surface area contributed by atoms with Crippen molar-refractivity contribution in [2.24, 2.45) is 0 Å². The molecule has 1 aliphatic heterocycles. The van der Waals surface area contributed by atoms with Crippen molar-refractivity contribution >= 4 is 11.8 Å². The standard InChI is InChI=1S/C18H20N4O2/c1-19-17(23)15-9-5-6-10-22(15)18(24)14-11-20-16(21-12-14)13-7-3-2-4-8-13/h2-4,7-8,11-12,15H,5-6,9-10H2,1H3,(H,19,23). The van der Waals surface area contributed by atoms with Crippen LogP contribution in [0.5, 0.6) is 0 Å². The highest BCUT2D eigenvalue weighted by Gasteiger charge is 2.32. The molecule has 6 heteroatoms. The van der Waals surface area contributed by atoms with Gasteiger partial charge in [0, 0.05) is 31.5 Å². The number of nitrogens with one attached hydrogen (secondary N) is 1. The van der Waals surface area contributed by atoms with Gasteiger partial charge in [-0.2, -0.15) is 0 Å². The van der Waals surface area contributed by atoms with Crippen molar-refractivity contribution in [3.8, 4) is 11.4 Å². The Balaban J connectivity index is 1.80. The Labute approximate surface area is 140 Å². The van der Waals surface area contributed by atoms with Gasteiger partial charge < -0.3 is 10.2 Å². The van der Waals surface area contributed by atoms with Crippen LogP contribution < -0.4 is 5.32 Å². The fourth-order valence-electron chi connectivity index (χ4n) is 2.95. The van der Waals surface area contributed by atoms with Gasteiger partial charge in [0.1, 0.15) is 6.04 Å². The first kappa shape index (κ1) is 16.1. The van der Waals surface area contributed by atoms with E-state index in [2.05, 4.69) is 15.3 Å². The third-order valence-electron chi connectivity index (χ3n) is 4.24. The molecule has 1 N–H and O–H groups in total. The van der Waals surface area contributed by atoms with E-state index in [0.29, 0.717) is 24.4 Å². The summed E-state index contributed by atoms with van der Waals surface area (Å²) in [6, 6.07) is 9.19. The normalized spacial score (nSPS) is 17.4. The highest BCUT2D eigenvalue weighted by Crippen LogP contribution is 2.20. The minimum atomic E-state index is -0.412. The van der Waals surface area contributed by atoms with E-state index >= 15 is 0 Å². The van der Waals surface area contributed by atoms with Crippen molar-refractivity contribution in [1.82, 2.24) is 20.2 Å². The lowest BCUT2D eigenvalue weighted by molar-refractivity contribution is -0.126. The fourth-order valence-corrected chi connectivity index (χ4v) is 2.95. The molecule has 0 aliphatic carbocycles. The Bertz CT molecular complexity index is 716. The summed E-state index contributed by atoms with van der Waals surface area (Å²) in [5.74, 6) is 0.265. The van der Waals surface area contributed by atoms with Gasteiger partial charge in [0.25, 0.3) is 5.91 Å². The molecular weight excluding hydrogens is 304 g/mol. The Morgan fingerprint density at radius 2 is 1.83 bits per heavy atom. The number of hydrogen-bond donors (Lipinski definition) is 1. The largest absolute Gasteiger partial charge is 0.357 e. The van der Waals surface area contributed by atoms with Gasteiger partial charge in [0.05, 0.1) is 5.56 Å². The average molecular weight is 324 g/mol. The first-order valence-corrected chi connectivity index (χ1v) is 8.10. The van der Waals surface area contributed by atoms with Crippen molar-refractivity contribution in [1.29, 1.82) is 0 Å². The van der Waals surface area contributed by atoms with E-state index in [-0.39, 0.29) is 11.8 Å². The minimum absolute atomic E-state index is 0.120. The molecule has 1 aliphatic rings. The molecular formula is C18H20N4O2. The van der Waals surface area contributed by atoms with Crippen molar-refractivity contribution in [3.05, 3.63) is 48.3 Å². The molecule has 1 aromatic heterocycles. The van der Waals surface area contributed by atoms with E-state index in [1.807, 2.05) is 30.3 Å². The highest BCUT2D eigenvalue weighted by atomic mass is 16.2. The van der Waals surface area contributed by atoms with Gasteiger partial charge >= 0.3 is 0 Å². The molecule has 2 heterocycles. The van der Waals surface area contributed by atoms with Crippen molar-refractivity contribution in [2.75, 3.05) is 13.6 Å². The van der Waals surface area contributed by atoms with Gasteiger partial charge in [-0.3, -0.25) is 9.59 Å². The molecule has 0 spiro atoms. The maximum atomic E-state index is 12.7. The second kappa shape index (κ2) is 7.21. The molecule has 3 rings (SSSR count). The molecule has 2 aromatic rings. The number of piperidine rings is 1. The maximum Gasteiger partial charge on any atom is 0.257 e. The minimum Gasteiger partial charge on any atom is -0.357 e. The van der Waals surface area contributed by atoms with Crippen molar-refractivity contribution in [2.45, 2.75) is 25.3 Å². The summed E-state index contributed by atoms with van der Waals surface area (Å²) in [6.07, 6.45) is 5.61. The molecule has 0 saturated carbocycles. The van der Waals surface area contributed by atoms with Gasteiger partial charge in [-0.25, -0.2) is 9.97 Å². The molecule has 24 heavy (non-hydrogen) atoms. The average Bonchev–Trinajstić information content (AvgIpc) is 2.67. The second-order valence-electron chi connectivity index (χ2n) is 5.79. The SMILES string of the molecule is CNC(=O)C1CCCCN1C(=O)c1cnc(-c2ccccc2)nc1. The molecule has 0 bridgehead atoms. The molecule has 124 valence electrons. The maximum absolute atomic E-state index is 12.7. The molecule has 2 amide bonds. The Kier molecular flexibility index (Phi) is 4.84. The predicted octanol–water partition coefficient (Wildman–Crippen LogP) is 1.88. The number of nitrogens with zero attached hydrogens (tertiary/aromatic N) is 3. The van der Waals surface area contributed by atoms with E-state index in [9.17, 15) is 9.59 Å². The molecule has 1 saturated heterocycles. The fraction of sp³-hybridized carbons (Fsp3) is 0.333. The molecule has 1 fully saturated rings. The van der Waals surface area contributed by atoms with Crippen molar-refractivity contribution < 1.29 is 9.59 Å². The number of rotatable bonds is 3. The smallest absolute Gasteiger partial charge is 0.257 e. The topological polar surface area (TPSA) is 75.2 Å². The van der Waals surface area contributed by atoms with Crippen LogP contribution in [0.3, 0.4) is 0 Å². The van der Waals surface area contributed by atoms with Crippen LogP contribution in [-0.4, -0.2) is 46.3 Å². The molecule has 1 aromatic carbocycles. The number of hydrogen-bond acceptors (Lipinski definition) is 4. The number of benzene rings is 1. The molecule has 6 nitrogen and oxygen atoms in total. The first-order chi connectivity index (χ1) is 11.7. The molecule has 1 atom stereocenters. The van der Waals surface area contributed by atoms with Crippen LogP contribution in [-0.2, 0) is 4.79 Å². The molecule has 1 unspecified atom stereocenters. The third kappa shape index (κ3) is 3.27. The van der Waals surface area contributed by atoms with Gasteiger partial charge in [-0.05, 0) is 19.3 Å². The van der Waals surface area contributed by atoms with E-state index in [1.54, 1.807) is 11.9 Å². The third-order valence-corrected chi connectivity index (χ3v) is 4.24. The summed E-state index contributed by atoms with van der Waals surface area (Å²) < 4.78 is 0. The number of carbonyl (C=O) groups excluding carboxylic acids is 2. The van der Waals surface area contributed by atoms with E-state index in [4.69, 9.17) is 0 Å². The zero-order chi connectivity index (χ0) is 16.9. The van der Waals surface area contributed by atoms with Gasteiger partial charge in [0.15, 0.2) is 5.82 Å².